The summed E-state index contributed by atoms with van der Waals surface area (Å²) >= 11 is 0. The Kier molecular flexibility index (Phi) is 6.01. The normalized spacial score (nSPS) is 48.6. The number of ether oxygens (including phenoxy) is 3. The van der Waals surface area contributed by atoms with E-state index >= 15 is 0 Å². The minimum absolute atomic E-state index is 0.0761. The van der Waals surface area contributed by atoms with Gasteiger partial charge in [0.25, 0.3) is 0 Å². The van der Waals surface area contributed by atoms with Crippen molar-refractivity contribution in [2.24, 2.45) is 45.6 Å². The van der Waals surface area contributed by atoms with E-state index in [9.17, 15) is 4.91 Å². The monoisotopic (exact) mass is 433 g/mol. The largest absolute Gasteiger partial charge is 0.378 e. The summed E-state index contributed by atoms with van der Waals surface area (Å²) in [6.45, 7) is 9.71. The molecule has 8 atom stereocenters. The van der Waals surface area contributed by atoms with Crippen LogP contribution in [-0.2, 0) is 14.2 Å². The van der Waals surface area contributed by atoms with Crippen LogP contribution in [0.15, 0.2) is 5.18 Å². The Hall–Kier alpha value is -0.520. The Morgan fingerprint density at radius 2 is 1.77 bits per heavy atom. The molecule has 31 heavy (non-hydrogen) atoms. The number of fused-ring (bicyclic) bond motifs is 5. The molecule has 5 unspecified atom stereocenters. The Bertz CT molecular complexity index is 664. The average molecular weight is 434 g/mol. The van der Waals surface area contributed by atoms with Crippen LogP contribution in [0.25, 0.3) is 0 Å². The molecular weight excluding hydrogens is 390 g/mol. The maximum atomic E-state index is 10.6. The molecule has 0 amide bonds. The van der Waals surface area contributed by atoms with Gasteiger partial charge in [-0.05, 0) is 87.4 Å². The van der Waals surface area contributed by atoms with E-state index in [4.69, 9.17) is 14.2 Å². The average Bonchev–Trinajstić information content (AvgIpc) is 3.35. The second-order valence-corrected chi connectivity index (χ2v) is 11.9. The first-order valence-electron chi connectivity index (χ1n) is 13.1. The van der Waals surface area contributed by atoms with Gasteiger partial charge in [0.05, 0.1) is 25.9 Å². The molecule has 1 aliphatic heterocycles. The lowest BCUT2D eigenvalue weighted by atomic mass is 9.44. The Morgan fingerprint density at radius 3 is 2.55 bits per heavy atom. The molecule has 5 fully saturated rings. The first-order valence-corrected chi connectivity index (χ1v) is 13.1. The highest BCUT2D eigenvalue weighted by Crippen LogP contribution is 2.69. The highest BCUT2D eigenvalue weighted by Gasteiger charge is 2.67. The van der Waals surface area contributed by atoms with E-state index in [1.54, 1.807) is 0 Å². The molecular formula is C26H43NO4. The molecule has 5 heteroatoms. The summed E-state index contributed by atoms with van der Waals surface area (Å²) in [6.07, 6.45) is 13.1. The standard InChI is InChI=1S/C26H43NO4/c1-24-12-5-4-7-18(24)8-9-19-20-10-11-22(26(3)30-15-16-31-26)25(20,2)23(17-21(19)24)29-14-6-13-27-28/h18-23H,4-17H2,1-3H3/t18?,19?,20?,21?,22?,23-,24-,25-/m0/s1. The third kappa shape index (κ3) is 3.44. The van der Waals surface area contributed by atoms with E-state index in [2.05, 4.69) is 25.9 Å². The summed E-state index contributed by atoms with van der Waals surface area (Å²) in [7, 11) is 0. The molecule has 4 aliphatic carbocycles. The fraction of sp³-hybridized carbons (Fsp3) is 1.00. The third-order valence-corrected chi connectivity index (χ3v) is 10.9. The van der Waals surface area contributed by atoms with Crippen molar-refractivity contribution in [3.05, 3.63) is 4.91 Å². The molecule has 0 spiro atoms. The van der Waals surface area contributed by atoms with Crippen molar-refractivity contribution in [3.63, 3.8) is 0 Å². The van der Waals surface area contributed by atoms with Crippen molar-refractivity contribution >= 4 is 0 Å². The number of hydrogen-bond donors (Lipinski definition) is 0. The molecule has 0 N–H and O–H groups in total. The molecule has 0 aromatic heterocycles. The third-order valence-electron chi connectivity index (χ3n) is 10.9. The maximum Gasteiger partial charge on any atom is 0.169 e. The Labute approximate surface area is 188 Å². The molecule has 0 aromatic rings. The molecule has 5 aliphatic rings. The van der Waals surface area contributed by atoms with E-state index in [1.807, 2.05) is 0 Å². The highest BCUT2D eigenvalue weighted by atomic mass is 16.7. The van der Waals surface area contributed by atoms with Crippen molar-refractivity contribution in [2.75, 3.05) is 26.4 Å². The quantitative estimate of drug-likeness (QED) is 0.384. The van der Waals surface area contributed by atoms with Crippen LogP contribution in [-0.4, -0.2) is 38.3 Å². The van der Waals surface area contributed by atoms with Gasteiger partial charge in [0.1, 0.15) is 0 Å². The lowest BCUT2D eigenvalue weighted by Crippen LogP contribution is -2.60. The summed E-state index contributed by atoms with van der Waals surface area (Å²) in [5.41, 5.74) is 0.559. The van der Waals surface area contributed by atoms with Crippen LogP contribution >= 0.6 is 0 Å². The number of hydrogen-bond acceptors (Lipinski definition) is 5. The number of nitroso groups, excluding NO2 is 1. The molecule has 176 valence electrons. The molecule has 0 aromatic carbocycles. The summed E-state index contributed by atoms with van der Waals surface area (Å²) < 4.78 is 19.2. The summed E-state index contributed by atoms with van der Waals surface area (Å²) in [6, 6.07) is 0. The Balaban J connectivity index is 1.46. The summed E-state index contributed by atoms with van der Waals surface area (Å²) in [5, 5.41) is 3.05. The zero-order valence-corrected chi connectivity index (χ0v) is 19.9. The molecule has 4 saturated carbocycles. The van der Waals surface area contributed by atoms with Crippen molar-refractivity contribution in [3.8, 4) is 0 Å². The van der Waals surface area contributed by atoms with Crippen molar-refractivity contribution < 1.29 is 14.2 Å². The smallest absolute Gasteiger partial charge is 0.169 e. The fourth-order valence-corrected chi connectivity index (χ4v) is 9.41. The molecule has 1 heterocycles. The molecule has 1 saturated heterocycles. The predicted octanol–water partition coefficient (Wildman–Crippen LogP) is 5.95. The van der Waals surface area contributed by atoms with Crippen LogP contribution in [0.5, 0.6) is 0 Å². The summed E-state index contributed by atoms with van der Waals surface area (Å²) in [4.78, 5) is 10.6. The first-order chi connectivity index (χ1) is 14.9. The van der Waals surface area contributed by atoms with Gasteiger partial charge in [0.2, 0.25) is 0 Å². The van der Waals surface area contributed by atoms with Gasteiger partial charge in [0, 0.05) is 17.9 Å². The van der Waals surface area contributed by atoms with Crippen LogP contribution in [0.3, 0.4) is 0 Å². The SMILES string of the molecule is CC1(C2CCC3C4CCC5CCCC[C@]5(C)C4C[C@H](OCCCN=O)[C@@]32C)OCCO1. The molecule has 5 rings (SSSR count). The zero-order chi connectivity index (χ0) is 21.7. The predicted molar refractivity (Wildman–Crippen MR) is 121 cm³/mol. The van der Waals surface area contributed by atoms with Crippen LogP contribution in [0.2, 0.25) is 0 Å². The van der Waals surface area contributed by atoms with Gasteiger partial charge in [-0.3, -0.25) is 0 Å². The second-order valence-electron chi connectivity index (χ2n) is 11.9. The topological polar surface area (TPSA) is 57.1 Å². The Morgan fingerprint density at radius 1 is 0.968 bits per heavy atom. The van der Waals surface area contributed by atoms with Gasteiger partial charge < -0.3 is 14.2 Å². The van der Waals surface area contributed by atoms with E-state index in [-0.39, 0.29) is 11.5 Å². The van der Waals surface area contributed by atoms with Crippen LogP contribution in [0.1, 0.15) is 85.0 Å². The van der Waals surface area contributed by atoms with Crippen LogP contribution < -0.4 is 0 Å². The maximum absolute atomic E-state index is 10.6. The van der Waals surface area contributed by atoms with Gasteiger partial charge in [-0.25, -0.2) is 0 Å². The van der Waals surface area contributed by atoms with Crippen molar-refractivity contribution in [1.29, 1.82) is 0 Å². The van der Waals surface area contributed by atoms with E-state index in [1.165, 1.54) is 57.8 Å². The fourth-order valence-electron chi connectivity index (χ4n) is 9.41. The van der Waals surface area contributed by atoms with Gasteiger partial charge in [-0.15, -0.1) is 0 Å². The van der Waals surface area contributed by atoms with Gasteiger partial charge >= 0.3 is 0 Å². The minimum Gasteiger partial charge on any atom is -0.378 e. The van der Waals surface area contributed by atoms with E-state index in [0.717, 1.165) is 24.2 Å². The van der Waals surface area contributed by atoms with Crippen molar-refractivity contribution in [2.45, 2.75) is 96.9 Å². The van der Waals surface area contributed by atoms with Crippen LogP contribution in [0.4, 0.5) is 0 Å². The first kappa shape index (κ1) is 22.3. The van der Waals surface area contributed by atoms with Gasteiger partial charge in [-0.1, -0.05) is 31.9 Å². The molecule has 0 radical (unpaired) electrons. The summed E-state index contributed by atoms with van der Waals surface area (Å²) in [5.74, 6) is 3.08. The van der Waals surface area contributed by atoms with Crippen molar-refractivity contribution in [1.82, 2.24) is 0 Å². The molecule has 0 bridgehead atoms. The number of rotatable bonds is 6. The second kappa shape index (κ2) is 8.36. The van der Waals surface area contributed by atoms with Gasteiger partial charge in [0.15, 0.2) is 5.79 Å². The van der Waals surface area contributed by atoms with E-state index < -0.39 is 5.79 Å². The van der Waals surface area contributed by atoms with Crippen LogP contribution in [0, 0.1) is 45.3 Å². The highest BCUT2D eigenvalue weighted by molar-refractivity contribution is 5.14. The minimum atomic E-state index is -0.478. The lowest BCUT2D eigenvalue weighted by molar-refractivity contribution is -0.247. The zero-order valence-electron chi connectivity index (χ0n) is 19.9. The number of nitrogens with zero attached hydrogens (tertiary/aromatic N) is 1. The molecule has 5 nitrogen and oxygen atoms in total. The lowest BCUT2D eigenvalue weighted by Gasteiger charge is -2.63. The van der Waals surface area contributed by atoms with Gasteiger partial charge in [-0.2, -0.15) is 4.91 Å². The van der Waals surface area contributed by atoms with E-state index in [0.29, 0.717) is 43.6 Å².